The number of alkyl halides is 6. The van der Waals surface area contributed by atoms with E-state index in [0.29, 0.717) is 16.3 Å². The van der Waals surface area contributed by atoms with Crippen molar-refractivity contribution in [1.29, 1.82) is 0 Å². The van der Waals surface area contributed by atoms with Crippen LogP contribution in [0, 0.1) is 6.92 Å². The van der Waals surface area contributed by atoms with E-state index in [4.69, 9.17) is 0 Å². The highest BCUT2D eigenvalue weighted by atomic mass is 32.2. The summed E-state index contributed by atoms with van der Waals surface area (Å²) in [5.74, 6) is 0. The number of aromatic nitrogens is 1. The Morgan fingerprint density at radius 3 is 2.00 bits per heavy atom. The number of rotatable bonds is 4. The fraction of sp³-hybridized carbons (Fsp3) is 0.167. The molecule has 2 aromatic carbocycles. The van der Waals surface area contributed by atoms with Gasteiger partial charge in [0.25, 0.3) is 10.0 Å². The minimum atomic E-state index is -5.17. The largest absolute Gasteiger partial charge is 0.416 e. The van der Waals surface area contributed by atoms with Gasteiger partial charge < -0.3 is 0 Å². The van der Waals surface area contributed by atoms with Gasteiger partial charge in [-0.15, -0.1) is 11.3 Å². The van der Waals surface area contributed by atoms with E-state index in [1.165, 1.54) is 29.5 Å². The minimum Gasteiger partial charge on any atom is -0.279 e. The lowest BCUT2D eigenvalue weighted by molar-refractivity contribution is -0.143. The van der Waals surface area contributed by atoms with Crippen molar-refractivity contribution in [3.05, 3.63) is 64.0 Å². The molecule has 0 aliphatic heterocycles. The summed E-state index contributed by atoms with van der Waals surface area (Å²) in [6, 6.07) is 6.10. The zero-order chi connectivity index (χ0) is 22.3. The molecular formula is C18H12F6N2O2S2. The van der Waals surface area contributed by atoms with E-state index < -0.39 is 38.4 Å². The maximum absolute atomic E-state index is 13.0. The number of nitrogens with one attached hydrogen (secondary N) is 1. The molecule has 0 spiro atoms. The van der Waals surface area contributed by atoms with Gasteiger partial charge >= 0.3 is 12.4 Å². The second kappa shape index (κ2) is 7.58. The van der Waals surface area contributed by atoms with E-state index in [2.05, 4.69) is 9.71 Å². The Kier molecular flexibility index (Phi) is 5.58. The van der Waals surface area contributed by atoms with Gasteiger partial charge in [0.15, 0.2) is 0 Å². The third-order valence-electron chi connectivity index (χ3n) is 3.94. The van der Waals surface area contributed by atoms with E-state index >= 15 is 0 Å². The van der Waals surface area contributed by atoms with Gasteiger partial charge in [-0.3, -0.25) is 4.72 Å². The lowest BCUT2D eigenvalue weighted by Crippen LogP contribution is -2.17. The number of hydrogen-bond acceptors (Lipinski definition) is 4. The van der Waals surface area contributed by atoms with Gasteiger partial charge in [0, 0.05) is 10.9 Å². The molecule has 0 unspecified atom stereocenters. The SMILES string of the molecule is Cc1nc(-c2ccccc2NS(=O)(=O)c2cc(C(F)(F)F)cc(C(F)(F)F)c2)cs1. The molecule has 4 nitrogen and oxygen atoms in total. The zero-order valence-electron chi connectivity index (χ0n) is 15.0. The van der Waals surface area contributed by atoms with Gasteiger partial charge in [-0.25, -0.2) is 13.4 Å². The summed E-state index contributed by atoms with van der Waals surface area (Å²) in [5, 5.41) is 2.34. The maximum atomic E-state index is 13.0. The van der Waals surface area contributed by atoms with E-state index in [0.717, 1.165) is 0 Å². The van der Waals surface area contributed by atoms with Crippen LogP contribution in [0.4, 0.5) is 32.0 Å². The van der Waals surface area contributed by atoms with Crippen molar-refractivity contribution in [2.75, 3.05) is 4.72 Å². The number of aryl methyl sites for hydroxylation is 1. The van der Waals surface area contributed by atoms with Gasteiger partial charge in [-0.05, 0) is 31.2 Å². The summed E-state index contributed by atoms with van der Waals surface area (Å²) >= 11 is 1.29. The van der Waals surface area contributed by atoms with Crippen molar-refractivity contribution >= 4 is 27.0 Å². The van der Waals surface area contributed by atoms with Crippen LogP contribution in [0.5, 0.6) is 0 Å². The van der Waals surface area contributed by atoms with Crippen molar-refractivity contribution in [3.8, 4) is 11.3 Å². The molecule has 160 valence electrons. The van der Waals surface area contributed by atoms with E-state index in [1.807, 2.05) is 0 Å². The molecule has 1 heterocycles. The summed E-state index contributed by atoms with van der Waals surface area (Å²) < 4.78 is 106. The van der Waals surface area contributed by atoms with Crippen LogP contribution in [-0.4, -0.2) is 13.4 Å². The van der Waals surface area contributed by atoms with Crippen LogP contribution in [0.2, 0.25) is 0 Å². The molecule has 0 amide bonds. The molecule has 0 saturated carbocycles. The van der Waals surface area contributed by atoms with Crippen LogP contribution in [0.3, 0.4) is 0 Å². The van der Waals surface area contributed by atoms with Gasteiger partial charge in [0.05, 0.1) is 32.4 Å². The number of nitrogens with zero attached hydrogens (tertiary/aromatic N) is 1. The van der Waals surface area contributed by atoms with E-state index in [1.54, 1.807) is 18.4 Å². The Morgan fingerprint density at radius 1 is 0.933 bits per heavy atom. The van der Waals surface area contributed by atoms with Crippen molar-refractivity contribution in [1.82, 2.24) is 4.98 Å². The molecule has 0 saturated heterocycles. The average Bonchev–Trinajstić information content (AvgIpc) is 3.06. The first-order valence-corrected chi connectivity index (χ1v) is 10.5. The molecule has 3 rings (SSSR count). The normalized spacial score (nSPS) is 12.8. The first-order valence-electron chi connectivity index (χ1n) is 8.11. The third kappa shape index (κ3) is 4.75. The quantitative estimate of drug-likeness (QED) is 0.483. The second-order valence-electron chi connectivity index (χ2n) is 6.14. The lowest BCUT2D eigenvalue weighted by atomic mass is 10.1. The molecule has 0 atom stereocenters. The summed E-state index contributed by atoms with van der Waals surface area (Å²) in [5.41, 5.74) is -2.74. The Hall–Kier alpha value is -2.60. The Morgan fingerprint density at radius 2 is 1.50 bits per heavy atom. The molecular weight excluding hydrogens is 454 g/mol. The molecule has 0 fully saturated rings. The molecule has 1 aromatic heterocycles. The van der Waals surface area contributed by atoms with Crippen LogP contribution < -0.4 is 4.72 Å². The molecule has 12 heteroatoms. The summed E-state index contributed by atoms with van der Waals surface area (Å²) in [6.45, 7) is 1.72. The van der Waals surface area contributed by atoms with Crippen molar-refractivity contribution < 1.29 is 34.8 Å². The first kappa shape index (κ1) is 22.1. The number of para-hydroxylation sites is 1. The van der Waals surface area contributed by atoms with Gasteiger partial charge in [-0.1, -0.05) is 18.2 Å². The zero-order valence-corrected chi connectivity index (χ0v) is 16.6. The Balaban J connectivity index is 2.09. The highest BCUT2D eigenvalue weighted by Crippen LogP contribution is 2.38. The van der Waals surface area contributed by atoms with Crippen LogP contribution in [0.15, 0.2) is 52.7 Å². The summed E-state index contributed by atoms with van der Waals surface area (Å²) in [6.07, 6.45) is -10.3. The Labute approximate surface area is 171 Å². The second-order valence-corrected chi connectivity index (χ2v) is 8.89. The smallest absolute Gasteiger partial charge is 0.279 e. The van der Waals surface area contributed by atoms with Gasteiger partial charge in [0.2, 0.25) is 0 Å². The molecule has 0 bridgehead atoms. The van der Waals surface area contributed by atoms with E-state index in [9.17, 15) is 34.8 Å². The highest BCUT2D eigenvalue weighted by Gasteiger charge is 2.38. The Bertz CT molecular complexity index is 1150. The molecule has 0 aliphatic carbocycles. The number of thiazole rings is 1. The fourth-order valence-corrected chi connectivity index (χ4v) is 4.33. The van der Waals surface area contributed by atoms with Crippen molar-refractivity contribution in [2.45, 2.75) is 24.2 Å². The molecule has 0 aliphatic rings. The van der Waals surface area contributed by atoms with Gasteiger partial charge in [-0.2, -0.15) is 26.3 Å². The molecule has 3 aromatic rings. The van der Waals surface area contributed by atoms with Gasteiger partial charge in [0.1, 0.15) is 0 Å². The highest BCUT2D eigenvalue weighted by molar-refractivity contribution is 7.92. The topological polar surface area (TPSA) is 59.1 Å². The third-order valence-corrected chi connectivity index (χ3v) is 6.06. The number of anilines is 1. The first-order chi connectivity index (χ1) is 13.8. The van der Waals surface area contributed by atoms with Crippen LogP contribution >= 0.6 is 11.3 Å². The predicted octanol–water partition coefficient (Wildman–Crippen LogP) is 5.96. The molecule has 0 radical (unpaired) electrons. The number of benzene rings is 2. The van der Waals surface area contributed by atoms with E-state index in [-0.39, 0.29) is 23.9 Å². The lowest BCUT2D eigenvalue weighted by Gasteiger charge is -2.16. The van der Waals surface area contributed by atoms with Crippen LogP contribution in [-0.2, 0) is 22.4 Å². The summed E-state index contributed by atoms with van der Waals surface area (Å²) in [4.78, 5) is 3.06. The van der Waals surface area contributed by atoms with Crippen molar-refractivity contribution in [3.63, 3.8) is 0 Å². The van der Waals surface area contributed by atoms with Crippen LogP contribution in [0.25, 0.3) is 11.3 Å². The average molecular weight is 466 g/mol. The number of halogens is 6. The predicted molar refractivity (Wildman–Crippen MR) is 99.5 cm³/mol. The standard InChI is InChI=1S/C18H12F6N2O2S2/c1-10-25-16(9-29-10)14-4-2-3-5-15(14)26-30(27,28)13-7-11(17(19,20)21)6-12(8-13)18(22,23)24/h2-9,26H,1H3. The minimum absolute atomic E-state index is 0.0335. The monoisotopic (exact) mass is 466 g/mol. The molecule has 30 heavy (non-hydrogen) atoms. The molecule has 1 N–H and O–H groups in total. The fourth-order valence-electron chi connectivity index (χ4n) is 2.57. The summed E-state index contributed by atoms with van der Waals surface area (Å²) in [7, 11) is -4.78. The number of sulfonamides is 1. The number of hydrogen-bond donors (Lipinski definition) is 1. The van der Waals surface area contributed by atoms with Crippen LogP contribution in [0.1, 0.15) is 16.1 Å². The van der Waals surface area contributed by atoms with Crippen molar-refractivity contribution in [2.24, 2.45) is 0 Å². The maximum Gasteiger partial charge on any atom is 0.416 e.